The van der Waals surface area contributed by atoms with Crippen LogP contribution in [0.3, 0.4) is 0 Å². The van der Waals surface area contributed by atoms with Crippen LogP contribution in [-0.4, -0.2) is 17.2 Å². The quantitative estimate of drug-likeness (QED) is 0.589. The topological polar surface area (TPSA) is 46.5 Å². The molecule has 4 heteroatoms. The van der Waals surface area contributed by atoms with Crippen molar-refractivity contribution in [3.63, 3.8) is 0 Å². The second kappa shape index (κ2) is 7.97. The minimum atomic E-state index is -1.02. The van der Waals surface area contributed by atoms with E-state index in [-0.39, 0.29) is 17.8 Å². The van der Waals surface area contributed by atoms with Crippen molar-refractivity contribution in [3.05, 3.63) is 46.8 Å². The van der Waals surface area contributed by atoms with Gasteiger partial charge in [0.1, 0.15) is 11.6 Å². The van der Waals surface area contributed by atoms with Crippen LogP contribution < -0.4 is 4.74 Å². The fourth-order valence-electron chi connectivity index (χ4n) is 4.67. The Labute approximate surface area is 172 Å². The lowest BCUT2D eigenvalue weighted by atomic mass is 9.72. The summed E-state index contributed by atoms with van der Waals surface area (Å²) < 4.78 is 21.3. The van der Waals surface area contributed by atoms with Gasteiger partial charge in [-0.1, -0.05) is 18.6 Å². The number of carboxylic acid groups (broad SMARTS) is 1. The average molecular weight is 399 g/mol. The SMILES string of the molecule is CC(C)(C(=O)O)c1ccc(OC2CCCC2)c(C2=CCCC(F)=C2C2CCC2)c1. The van der Waals surface area contributed by atoms with Crippen LogP contribution in [0.15, 0.2) is 35.7 Å². The maximum absolute atomic E-state index is 15.0. The summed E-state index contributed by atoms with van der Waals surface area (Å²) in [4.78, 5) is 11.8. The number of hydrogen-bond donors (Lipinski definition) is 1. The third-order valence-electron chi connectivity index (χ3n) is 6.93. The van der Waals surface area contributed by atoms with E-state index in [1.165, 1.54) is 12.8 Å². The number of rotatable bonds is 6. The van der Waals surface area contributed by atoms with E-state index >= 15 is 0 Å². The summed E-state index contributed by atoms with van der Waals surface area (Å²) in [5.74, 6) is 0.171. The van der Waals surface area contributed by atoms with E-state index in [0.717, 1.165) is 60.1 Å². The van der Waals surface area contributed by atoms with Gasteiger partial charge in [-0.05, 0) is 93.6 Å². The van der Waals surface area contributed by atoms with Crippen molar-refractivity contribution in [2.45, 2.75) is 83.2 Å². The number of halogens is 1. The predicted octanol–water partition coefficient (Wildman–Crippen LogP) is 6.57. The van der Waals surface area contributed by atoms with Gasteiger partial charge in [-0.25, -0.2) is 4.39 Å². The Morgan fingerprint density at radius 3 is 2.48 bits per heavy atom. The minimum Gasteiger partial charge on any atom is -0.490 e. The summed E-state index contributed by atoms with van der Waals surface area (Å²) >= 11 is 0. The van der Waals surface area contributed by atoms with Crippen LogP contribution >= 0.6 is 0 Å². The summed E-state index contributed by atoms with van der Waals surface area (Å²) in [7, 11) is 0. The number of benzene rings is 1. The van der Waals surface area contributed by atoms with Gasteiger partial charge in [-0.3, -0.25) is 4.79 Å². The molecule has 0 spiro atoms. The molecule has 0 saturated heterocycles. The minimum absolute atomic E-state index is 0.00177. The molecule has 1 aromatic rings. The molecule has 1 N–H and O–H groups in total. The average Bonchev–Trinajstić information content (AvgIpc) is 3.15. The van der Waals surface area contributed by atoms with Crippen LogP contribution in [-0.2, 0) is 10.2 Å². The highest BCUT2D eigenvalue weighted by atomic mass is 19.1. The zero-order valence-corrected chi connectivity index (χ0v) is 17.5. The Kier molecular flexibility index (Phi) is 5.54. The van der Waals surface area contributed by atoms with Crippen LogP contribution in [0.4, 0.5) is 4.39 Å². The molecule has 156 valence electrons. The van der Waals surface area contributed by atoms with Crippen molar-refractivity contribution >= 4 is 11.5 Å². The van der Waals surface area contributed by atoms with Crippen LogP contribution in [0, 0.1) is 5.92 Å². The molecule has 0 atom stereocenters. The van der Waals surface area contributed by atoms with Crippen molar-refractivity contribution in [2.24, 2.45) is 5.92 Å². The summed E-state index contributed by atoms with van der Waals surface area (Å²) in [6, 6.07) is 5.69. The van der Waals surface area contributed by atoms with Gasteiger partial charge in [-0.2, -0.15) is 0 Å². The third-order valence-corrected chi connectivity index (χ3v) is 6.93. The van der Waals surface area contributed by atoms with Gasteiger partial charge in [0.25, 0.3) is 0 Å². The highest BCUT2D eigenvalue weighted by molar-refractivity contribution is 5.86. The summed E-state index contributed by atoms with van der Waals surface area (Å²) in [5, 5.41) is 9.71. The molecule has 2 fully saturated rings. The van der Waals surface area contributed by atoms with Gasteiger partial charge in [0.2, 0.25) is 0 Å². The summed E-state index contributed by atoms with van der Waals surface area (Å²) in [6.45, 7) is 3.43. The maximum atomic E-state index is 15.0. The standard InChI is InChI=1S/C25H31FO3/c1-25(2,24(27)28)17-13-14-22(29-18-9-3-4-10-18)20(15-17)19-11-6-12-21(26)23(19)16-7-5-8-16/h11,13-16,18H,3-10,12H2,1-2H3,(H,27,28). The number of carboxylic acids is 1. The largest absolute Gasteiger partial charge is 0.490 e. The summed E-state index contributed by atoms with van der Waals surface area (Å²) in [5.41, 5.74) is 2.33. The van der Waals surface area contributed by atoms with E-state index in [1.54, 1.807) is 13.8 Å². The monoisotopic (exact) mass is 398 g/mol. The van der Waals surface area contributed by atoms with Gasteiger partial charge in [0.05, 0.1) is 11.5 Å². The van der Waals surface area contributed by atoms with E-state index in [0.29, 0.717) is 12.8 Å². The fraction of sp³-hybridized carbons (Fsp3) is 0.560. The van der Waals surface area contributed by atoms with Crippen molar-refractivity contribution in [1.29, 1.82) is 0 Å². The lowest BCUT2D eigenvalue weighted by molar-refractivity contribution is -0.142. The number of aliphatic carboxylic acids is 1. The van der Waals surface area contributed by atoms with Crippen LogP contribution in [0.1, 0.15) is 82.8 Å². The lowest BCUT2D eigenvalue weighted by Gasteiger charge is -2.33. The molecule has 0 unspecified atom stereocenters. The van der Waals surface area contributed by atoms with E-state index in [1.807, 2.05) is 18.2 Å². The van der Waals surface area contributed by atoms with Crippen LogP contribution in [0.5, 0.6) is 5.75 Å². The highest BCUT2D eigenvalue weighted by Crippen LogP contribution is 2.48. The zero-order valence-electron chi connectivity index (χ0n) is 17.5. The van der Waals surface area contributed by atoms with E-state index in [4.69, 9.17) is 4.74 Å². The first-order valence-electron chi connectivity index (χ1n) is 11.0. The molecule has 3 aliphatic rings. The van der Waals surface area contributed by atoms with Gasteiger partial charge >= 0.3 is 5.97 Å². The first-order chi connectivity index (χ1) is 13.9. The molecule has 0 radical (unpaired) electrons. The lowest BCUT2D eigenvalue weighted by Crippen LogP contribution is -2.28. The Balaban J connectivity index is 1.79. The molecule has 3 nitrogen and oxygen atoms in total. The molecule has 3 aliphatic carbocycles. The van der Waals surface area contributed by atoms with Crippen LogP contribution in [0.2, 0.25) is 0 Å². The molecule has 2 saturated carbocycles. The van der Waals surface area contributed by atoms with Gasteiger partial charge < -0.3 is 9.84 Å². The number of allylic oxidation sites excluding steroid dienone is 4. The fourth-order valence-corrected chi connectivity index (χ4v) is 4.67. The van der Waals surface area contributed by atoms with E-state index < -0.39 is 11.4 Å². The molecular weight excluding hydrogens is 367 g/mol. The smallest absolute Gasteiger partial charge is 0.313 e. The molecule has 0 bridgehead atoms. The third kappa shape index (κ3) is 3.86. The van der Waals surface area contributed by atoms with Crippen molar-refractivity contribution in [1.82, 2.24) is 0 Å². The second-order valence-corrected chi connectivity index (χ2v) is 9.27. The Hall–Kier alpha value is -2.10. The predicted molar refractivity (Wildman–Crippen MR) is 113 cm³/mol. The Morgan fingerprint density at radius 2 is 1.86 bits per heavy atom. The first-order valence-corrected chi connectivity index (χ1v) is 11.0. The van der Waals surface area contributed by atoms with E-state index in [2.05, 4.69) is 6.08 Å². The molecule has 0 amide bonds. The normalized spacial score (nSPS) is 21.1. The van der Waals surface area contributed by atoms with Gasteiger partial charge in [-0.15, -0.1) is 0 Å². The van der Waals surface area contributed by atoms with Crippen molar-refractivity contribution < 1.29 is 19.0 Å². The highest BCUT2D eigenvalue weighted by Gasteiger charge is 2.34. The second-order valence-electron chi connectivity index (χ2n) is 9.27. The number of ether oxygens (including phenoxy) is 1. The molecule has 0 aromatic heterocycles. The van der Waals surface area contributed by atoms with Crippen molar-refractivity contribution in [2.75, 3.05) is 0 Å². The zero-order chi connectivity index (χ0) is 20.6. The molecule has 29 heavy (non-hydrogen) atoms. The van der Waals surface area contributed by atoms with Gasteiger partial charge in [0.15, 0.2) is 0 Å². The van der Waals surface area contributed by atoms with Crippen LogP contribution in [0.25, 0.3) is 5.57 Å². The first kappa shape index (κ1) is 20.2. The van der Waals surface area contributed by atoms with E-state index in [9.17, 15) is 14.3 Å². The number of hydrogen-bond acceptors (Lipinski definition) is 2. The number of carbonyl (C=O) groups is 1. The molecular formula is C25H31FO3. The molecule has 4 rings (SSSR count). The van der Waals surface area contributed by atoms with Gasteiger partial charge in [0, 0.05) is 12.0 Å². The Bertz CT molecular complexity index is 855. The maximum Gasteiger partial charge on any atom is 0.313 e. The molecule has 0 aliphatic heterocycles. The molecule has 0 heterocycles. The molecule has 1 aromatic carbocycles. The van der Waals surface area contributed by atoms with Crippen molar-refractivity contribution in [3.8, 4) is 5.75 Å². The Morgan fingerprint density at radius 1 is 1.14 bits per heavy atom. The summed E-state index contributed by atoms with van der Waals surface area (Å²) in [6.07, 6.45) is 11.1.